The van der Waals surface area contributed by atoms with E-state index in [2.05, 4.69) is 10.3 Å². The molecule has 0 aliphatic carbocycles. The molecule has 0 aliphatic heterocycles. The molecule has 0 radical (unpaired) electrons. The molecule has 0 bridgehead atoms. The Hall–Kier alpha value is -1.78. The highest BCUT2D eigenvalue weighted by Crippen LogP contribution is 2.20. The van der Waals surface area contributed by atoms with Gasteiger partial charge in [0.05, 0.1) is 12.2 Å². The Morgan fingerprint density at radius 3 is 2.81 bits per heavy atom. The van der Waals surface area contributed by atoms with Crippen molar-refractivity contribution in [3.63, 3.8) is 0 Å². The first-order chi connectivity index (χ1) is 7.58. The van der Waals surface area contributed by atoms with Crippen LogP contribution in [0.5, 0.6) is 0 Å². The van der Waals surface area contributed by atoms with Gasteiger partial charge in [0.25, 0.3) is 0 Å². The molecule has 0 unspecified atom stereocenters. The second kappa shape index (κ2) is 5.34. The fraction of sp³-hybridized carbons (Fsp3) is 0.455. The Morgan fingerprint density at radius 1 is 1.56 bits per heavy atom. The summed E-state index contributed by atoms with van der Waals surface area (Å²) < 4.78 is 0. The van der Waals surface area contributed by atoms with Crippen molar-refractivity contribution in [2.24, 2.45) is 0 Å². The molecule has 16 heavy (non-hydrogen) atoms. The van der Waals surface area contributed by atoms with Gasteiger partial charge in [0.15, 0.2) is 5.82 Å². The molecule has 0 spiro atoms. The maximum absolute atomic E-state index is 11.3. The third kappa shape index (κ3) is 2.85. The highest BCUT2D eigenvalue weighted by atomic mass is 16.1. The predicted octanol–water partition coefficient (Wildman–Crippen LogP) is 0.545. The number of aromatic nitrogens is 1. The number of hydrogen-bond acceptors (Lipinski definition) is 4. The highest BCUT2D eigenvalue weighted by molar-refractivity contribution is 5.82. The van der Waals surface area contributed by atoms with Gasteiger partial charge in [-0.15, -0.1) is 0 Å². The van der Waals surface area contributed by atoms with E-state index < -0.39 is 0 Å². The molecule has 0 saturated carbocycles. The van der Waals surface area contributed by atoms with Gasteiger partial charge in [-0.1, -0.05) is 0 Å². The van der Waals surface area contributed by atoms with Crippen molar-refractivity contribution in [2.75, 3.05) is 30.8 Å². The molecule has 0 fully saturated rings. The Labute approximate surface area is 95.7 Å². The average molecular weight is 222 g/mol. The van der Waals surface area contributed by atoms with Crippen LogP contribution in [0, 0.1) is 6.92 Å². The number of pyridine rings is 1. The summed E-state index contributed by atoms with van der Waals surface area (Å²) in [7, 11) is 1.61. The quantitative estimate of drug-likeness (QED) is 0.780. The van der Waals surface area contributed by atoms with E-state index in [9.17, 15) is 4.79 Å². The number of carbonyl (C=O) groups excluding carboxylic acids is 1. The van der Waals surface area contributed by atoms with Crippen LogP contribution in [-0.2, 0) is 4.79 Å². The van der Waals surface area contributed by atoms with E-state index in [1.807, 2.05) is 30.9 Å². The van der Waals surface area contributed by atoms with E-state index in [1.165, 1.54) is 0 Å². The van der Waals surface area contributed by atoms with Crippen LogP contribution in [-0.4, -0.2) is 31.0 Å². The molecule has 0 atom stereocenters. The Kier molecular flexibility index (Phi) is 4.10. The van der Waals surface area contributed by atoms with Crippen LogP contribution in [0.1, 0.15) is 12.6 Å². The summed E-state index contributed by atoms with van der Waals surface area (Å²) in [6, 6.07) is 3.66. The van der Waals surface area contributed by atoms with E-state index in [1.54, 1.807) is 7.05 Å². The smallest absolute Gasteiger partial charge is 0.239 e. The number of nitrogens with one attached hydrogen (secondary N) is 1. The lowest BCUT2D eigenvalue weighted by molar-refractivity contribution is -0.119. The predicted molar refractivity (Wildman–Crippen MR) is 65.3 cm³/mol. The van der Waals surface area contributed by atoms with Gasteiger partial charge in [-0.25, -0.2) is 4.98 Å². The lowest BCUT2D eigenvalue weighted by Gasteiger charge is -2.22. The number of nitrogens with two attached hydrogens (primary N) is 1. The monoisotopic (exact) mass is 222 g/mol. The average Bonchev–Trinajstić information content (AvgIpc) is 2.29. The Morgan fingerprint density at radius 2 is 2.25 bits per heavy atom. The van der Waals surface area contributed by atoms with Gasteiger partial charge in [0.2, 0.25) is 5.91 Å². The number of amides is 1. The molecule has 0 aliphatic rings. The SMILES string of the molecule is CCN(CC(=O)NC)c1nc(C)ccc1N. The van der Waals surface area contributed by atoms with Crippen molar-refractivity contribution in [2.45, 2.75) is 13.8 Å². The normalized spacial score (nSPS) is 9.94. The van der Waals surface area contributed by atoms with Crippen LogP contribution in [0.2, 0.25) is 0 Å². The summed E-state index contributed by atoms with van der Waals surface area (Å²) in [6.45, 7) is 4.82. The van der Waals surface area contributed by atoms with Gasteiger partial charge in [-0.05, 0) is 26.0 Å². The highest BCUT2D eigenvalue weighted by Gasteiger charge is 2.12. The molecule has 3 N–H and O–H groups in total. The molecule has 1 rings (SSSR count). The number of carbonyl (C=O) groups is 1. The van der Waals surface area contributed by atoms with Gasteiger partial charge >= 0.3 is 0 Å². The van der Waals surface area contributed by atoms with Crippen LogP contribution in [0.4, 0.5) is 11.5 Å². The van der Waals surface area contributed by atoms with Gasteiger partial charge < -0.3 is 16.0 Å². The zero-order chi connectivity index (χ0) is 12.1. The largest absolute Gasteiger partial charge is 0.396 e. The van der Waals surface area contributed by atoms with Crippen LogP contribution < -0.4 is 16.0 Å². The van der Waals surface area contributed by atoms with Crippen molar-refractivity contribution < 1.29 is 4.79 Å². The number of aryl methyl sites for hydroxylation is 1. The minimum atomic E-state index is -0.0513. The van der Waals surface area contributed by atoms with Crippen molar-refractivity contribution >= 4 is 17.4 Å². The molecule has 1 aromatic heterocycles. The molecule has 0 saturated heterocycles. The molecular weight excluding hydrogens is 204 g/mol. The maximum atomic E-state index is 11.3. The van der Waals surface area contributed by atoms with E-state index in [0.29, 0.717) is 18.1 Å². The Bertz CT molecular complexity index is 378. The van der Waals surface area contributed by atoms with Gasteiger partial charge in [0.1, 0.15) is 0 Å². The molecule has 1 heterocycles. The van der Waals surface area contributed by atoms with Crippen LogP contribution >= 0.6 is 0 Å². The fourth-order valence-corrected chi connectivity index (χ4v) is 1.40. The topological polar surface area (TPSA) is 71.2 Å². The first-order valence-corrected chi connectivity index (χ1v) is 5.27. The van der Waals surface area contributed by atoms with Crippen molar-refractivity contribution in [3.8, 4) is 0 Å². The molecular formula is C11H18N4O. The van der Waals surface area contributed by atoms with E-state index in [-0.39, 0.29) is 12.5 Å². The second-order valence-corrected chi connectivity index (χ2v) is 3.55. The summed E-state index contributed by atoms with van der Waals surface area (Å²) in [6.07, 6.45) is 0. The van der Waals surface area contributed by atoms with Crippen molar-refractivity contribution in [1.82, 2.24) is 10.3 Å². The zero-order valence-corrected chi connectivity index (χ0v) is 9.95. The molecule has 5 nitrogen and oxygen atoms in total. The second-order valence-electron chi connectivity index (χ2n) is 3.55. The van der Waals surface area contributed by atoms with Crippen molar-refractivity contribution in [3.05, 3.63) is 17.8 Å². The number of nitrogen functional groups attached to an aromatic ring is 1. The summed E-state index contributed by atoms with van der Waals surface area (Å²) in [5, 5.41) is 2.58. The summed E-state index contributed by atoms with van der Waals surface area (Å²) >= 11 is 0. The van der Waals surface area contributed by atoms with E-state index in [4.69, 9.17) is 5.73 Å². The summed E-state index contributed by atoms with van der Waals surface area (Å²) in [4.78, 5) is 17.5. The van der Waals surface area contributed by atoms with Crippen LogP contribution in [0.25, 0.3) is 0 Å². The third-order valence-corrected chi connectivity index (χ3v) is 2.34. The fourth-order valence-electron chi connectivity index (χ4n) is 1.40. The van der Waals surface area contributed by atoms with E-state index >= 15 is 0 Å². The van der Waals surface area contributed by atoms with Crippen LogP contribution in [0.15, 0.2) is 12.1 Å². The van der Waals surface area contributed by atoms with Gasteiger partial charge in [-0.2, -0.15) is 0 Å². The molecule has 88 valence electrons. The molecule has 1 aromatic rings. The van der Waals surface area contributed by atoms with Gasteiger partial charge in [0, 0.05) is 19.3 Å². The summed E-state index contributed by atoms with van der Waals surface area (Å²) in [5.74, 6) is 0.621. The standard InChI is InChI=1S/C11H18N4O/c1-4-15(7-10(16)13-3)11-9(12)6-5-8(2)14-11/h5-6H,4,7,12H2,1-3H3,(H,13,16). The maximum Gasteiger partial charge on any atom is 0.239 e. The molecule has 1 amide bonds. The molecule has 5 heteroatoms. The minimum Gasteiger partial charge on any atom is -0.396 e. The number of anilines is 2. The van der Waals surface area contributed by atoms with Crippen LogP contribution in [0.3, 0.4) is 0 Å². The lowest BCUT2D eigenvalue weighted by Crippen LogP contribution is -2.36. The number of likely N-dealkylation sites (N-methyl/N-ethyl adjacent to an activating group) is 2. The number of hydrogen-bond donors (Lipinski definition) is 2. The number of rotatable bonds is 4. The van der Waals surface area contributed by atoms with Crippen molar-refractivity contribution in [1.29, 1.82) is 0 Å². The summed E-state index contributed by atoms with van der Waals surface area (Å²) in [5.41, 5.74) is 7.33. The minimum absolute atomic E-state index is 0.0513. The van der Waals surface area contributed by atoms with E-state index in [0.717, 1.165) is 5.69 Å². The first kappa shape index (κ1) is 12.3. The number of nitrogens with zero attached hydrogens (tertiary/aromatic N) is 2. The third-order valence-electron chi connectivity index (χ3n) is 2.34. The first-order valence-electron chi connectivity index (χ1n) is 5.27. The zero-order valence-electron chi connectivity index (χ0n) is 9.95. The Balaban J connectivity index is 2.94. The lowest BCUT2D eigenvalue weighted by atomic mass is 10.3. The van der Waals surface area contributed by atoms with Gasteiger partial charge in [-0.3, -0.25) is 4.79 Å². The molecule has 0 aromatic carbocycles.